The highest BCUT2D eigenvalue weighted by molar-refractivity contribution is 5.53. The molecule has 1 N–H and O–H groups in total. The summed E-state index contributed by atoms with van der Waals surface area (Å²) in [5, 5.41) is 12.7. The van der Waals surface area contributed by atoms with Crippen LogP contribution >= 0.6 is 0 Å². The molecule has 0 saturated heterocycles. The number of aryl methyl sites for hydroxylation is 2. The van der Waals surface area contributed by atoms with Crippen molar-refractivity contribution in [1.82, 2.24) is 5.32 Å². The molecule has 0 aromatic heterocycles. The SMILES string of the molecule is CCCNC(C)(C#N)CCN(C)c1ccc(C)cc1C. The smallest absolute Gasteiger partial charge is 0.105 e. The van der Waals surface area contributed by atoms with Gasteiger partial charge in [0.1, 0.15) is 5.54 Å². The number of nitriles is 1. The first-order valence-corrected chi connectivity index (χ1v) is 7.36. The van der Waals surface area contributed by atoms with Gasteiger partial charge in [-0.2, -0.15) is 5.26 Å². The van der Waals surface area contributed by atoms with E-state index in [-0.39, 0.29) is 0 Å². The molecule has 1 aromatic carbocycles. The second-order valence-electron chi connectivity index (χ2n) is 5.83. The van der Waals surface area contributed by atoms with Crippen LogP contribution in [0.4, 0.5) is 5.69 Å². The molecule has 1 unspecified atom stereocenters. The third-order valence-electron chi connectivity index (χ3n) is 3.72. The molecule has 1 aromatic rings. The Kier molecular flexibility index (Phi) is 6.04. The predicted molar refractivity (Wildman–Crippen MR) is 86.1 cm³/mol. The molecule has 0 fully saturated rings. The average Bonchev–Trinajstić information content (AvgIpc) is 2.42. The van der Waals surface area contributed by atoms with Crippen LogP contribution < -0.4 is 10.2 Å². The van der Waals surface area contributed by atoms with Gasteiger partial charge in [-0.05, 0) is 51.8 Å². The lowest BCUT2D eigenvalue weighted by molar-refractivity contribution is 0.421. The predicted octanol–water partition coefficient (Wildman–Crippen LogP) is 3.41. The Balaban J connectivity index is 2.66. The number of hydrogen-bond donors (Lipinski definition) is 1. The van der Waals surface area contributed by atoms with Gasteiger partial charge in [0.05, 0.1) is 6.07 Å². The summed E-state index contributed by atoms with van der Waals surface area (Å²) in [6.07, 6.45) is 1.86. The van der Waals surface area contributed by atoms with Crippen LogP contribution in [0.3, 0.4) is 0 Å². The lowest BCUT2D eigenvalue weighted by Crippen LogP contribution is -2.43. The van der Waals surface area contributed by atoms with Crippen LogP contribution in [-0.2, 0) is 0 Å². The molecule has 3 heteroatoms. The van der Waals surface area contributed by atoms with E-state index < -0.39 is 5.54 Å². The van der Waals surface area contributed by atoms with Crippen LogP contribution in [0.5, 0.6) is 0 Å². The second-order valence-corrected chi connectivity index (χ2v) is 5.83. The molecular formula is C17H27N3. The molecule has 0 aliphatic heterocycles. The largest absolute Gasteiger partial charge is 0.374 e. The maximum absolute atomic E-state index is 9.36. The van der Waals surface area contributed by atoms with Crippen LogP contribution in [0.1, 0.15) is 37.8 Å². The van der Waals surface area contributed by atoms with Crippen molar-refractivity contribution in [2.45, 2.75) is 46.1 Å². The maximum Gasteiger partial charge on any atom is 0.105 e. The Morgan fingerprint density at radius 3 is 2.60 bits per heavy atom. The standard InChI is InChI=1S/C17H27N3/c1-6-10-19-17(4,13-18)9-11-20(5)16-8-7-14(2)12-15(16)3/h7-8,12,19H,6,9-11H2,1-5H3. The van der Waals surface area contributed by atoms with Crippen molar-refractivity contribution in [3.63, 3.8) is 0 Å². The summed E-state index contributed by atoms with van der Waals surface area (Å²) in [7, 11) is 2.09. The van der Waals surface area contributed by atoms with Crippen LogP contribution in [0.25, 0.3) is 0 Å². The Bertz CT molecular complexity index is 476. The minimum absolute atomic E-state index is 0.442. The van der Waals surface area contributed by atoms with Gasteiger partial charge in [-0.1, -0.05) is 24.6 Å². The van der Waals surface area contributed by atoms with Crippen LogP contribution in [0.2, 0.25) is 0 Å². The molecule has 0 aliphatic rings. The number of nitrogens with one attached hydrogen (secondary N) is 1. The summed E-state index contributed by atoms with van der Waals surface area (Å²) in [6, 6.07) is 8.90. The quantitative estimate of drug-likeness (QED) is 0.827. The molecule has 3 nitrogen and oxygen atoms in total. The highest BCUT2D eigenvalue weighted by Gasteiger charge is 2.23. The van der Waals surface area contributed by atoms with Crippen molar-refractivity contribution in [3.05, 3.63) is 29.3 Å². The molecule has 110 valence electrons. The van der Waals surface area contributed by atoms with E-state index in [9.17, 15) is 5.26 Å². The van der Waals surface area contributed by atoms with Crippen molar-refractivity contribution in [2.24, 2.45) is 0 Å². The molecule has 0 aliphatic carbocycles. The summed E-state index contributed by atoms with van der Waals surface area (Å²) < 4.78 is 0. The monoisotopic (exact) mass is 273 g/mol. The van der Waals surface area contributed by atoms with E-state index in [1.54, 1.807) is 0 Å². The van der Waals surface area contributed by atoms with E-state index in [1.165, 1.54) is 16.8 Å². The van der Waals surface area contributed by atoms with Gasteiger partial charge in [0.15, 0.2) is 0 Å². The Morgan fingerprint density at radius 1 is 1.35 bits per heavy atom. The van der Waals surface area contributed by atoms with Gasteiger partial charge in [0.25, 0.3) is 0 Å². The average molecular weight is 273 g/mol. The van der Waals surface area contributed by atoms with E-state index in [0.717, 1.165) is 25.9 Å². The number of rotatable bonds is 7. The minimum atomic E-state index is -0.442. The van der Waals surface area contributed by atoms with E-state index in [4.69, 9.17) is 0 Å². The van der Waals surface area contributed by atoms with E-state index >= 15 is 0 Å². The molecular weight excluding hydrogens is 246 g/mol. The summed E-state index contributed by atoms with van der Waals surface area (Å²) in [5.41, 5.74) is 3.37. The van der Waals surface area contributed by atoms with Crippen LogP contribution in [0, 0.1) is 25.2 Å². The van der Waals surface area contributed by atoms with Crippen molar-refractivity contribution in [3.8, 4) is 6.07 Å². The second kappa shape index (κ2) is 7.31. The van der Waals surface area contributed by atoms with Gasteiger partial charge >= 0.3 is 0 Å². The topological polar surface area (TPSA) is 39.1 Å². The zero-order valence-corrected chi connectivity index (χ0v) is 13.5. The third kappa shape index (κ3) is 4.54. The molecule has 0 saturated carbocycles. The summed E-state index contributed by atoms with van der Waals surface area (Å²) >= 11 is 0. The number of benzene rings is 1. The Labute approximate surface area is 123 Å². The fraction of sp³-hybridized carbons (Fsp3) is 0.588. The lowest BCUT2D eigenvalue weighted by atomic mass is 9.99. The molecule has 1 atom stereocenters. The van der Waals surface area contributed by atoms with Crippen molar-refractivity contribution in [2.75, 3.05) is 25.0 Å². The van der Waals surface area contributed by atoms with Gasteiger partial charge < -0.3 is 4.90 Å². The molecule has 0 bridgehead atoms. The van der Waals surface area contributed by atoms with Crippen molar-refractivity contribution >= 4 is 5.69 Å². The first-order valence-electron chi connectivity index (χ1n) is 7.36. The molecule has 1 rings (SSSR count). The summed E-state index contributed by atoms with van der Waals surface area (Å²) in [6.45, 7) is 10.1. The lowest BCUT2D eigenvalue weighted by Gasteiger charge is -2.28. The van der Waals surface area contributed by atoms with Crippen molar-refractivity contribution in [1.29, 1.82) is 5.26 Å². The first kappa shape index (κ1) is 16.5. The normalized spacial score (nSPS) is 13.6. The number of anilines is 1. The fourth-order valence-electron chi connectivity index (χ4n) is 2.33. The number of hydrogen-bond acceptors (Lipinski definition) is 3. The van der Waals surface area contributed by atoms with E-state index in [1.807, 2.05) is 6.92 Å². The van der Waals surface area contributed by atoms with Crippen LogP contribution in [0.15, 0.2) is 18.2 Å². The Morgan fingerprint density at radius 2 is 2.05 bits per heavy atom. The molecule has 0 radical (unpaired) electrons. The van der Waals surface area contributed by atoms with Gasteiger partial charge in [0.2, 0.25) is 0 Å². The first-order chi connectivity index (χ1) is 9.41. The highest BCUT2D eigenvalue weighted by atomic mass is 15.1. The maximum atomic E-state index is 9.36. The summed E-state index contributed by atoms with van der Waals surface area (Å²) in [4.78, 5) is 2.23. The van der Waals surface area contributed by atoms with Gasteiger partial charge in [-0.25, -0.2) is 0 Å². The van der Waals surface area contributed by atoms with Crippen molar-refractivity contribution < 1.29 is 0 Å². The third-order valence-corrected chi connectivity index (χ3v) is 3.72. The summed E-state index contributed by atoms with van der Waals surface area (Å²) in [5.74, 6) is 0. The molecule has 0 amide bonds. The zero-order chi connectivity index (χ0) is 15.2. The number of nitrogens with zero attached hydrogens (tertiary/aromatic N) is 2. The fourth-order valence-corrected chi connectivity index (χ4v) is 2.33. The van der Waals surface area contributed by atoms with E-state index in [0.29, 0.717) is 0 Å². The zero-order valence-electron chi connectivity index (χ0n) is 13.5. The van der Waals surface area contributed by atoms with Crippen LogP contribution in [-0.4, -0.2) is 25.7 Å². The molecule has 0 heterocycles. The van der Waals surface area contributed by atoms with Gasteiger partial charge in [-0.3, -0.25) is 5.32 Å². The van der Waals surface area contributed by atoms with E-state index in [2.05, 4.69) is 62.3 Å². The van der Waals surface area contributed by atoms with Gasteiger partial charge in [-0.15, -0.1) is 0 Å². The molecule has 0 spiro atoms. The molecule has 20 heavy (non-hydrogen) atoms. The highest BCUT2D eigenvalue weighted by Crippen LogP contribution is 2.21. The van der Waals surface area contributed by atoms with Gasteiger partial charge in [0, 0.05) is 19.3 Å². The minimum Gasteiger partial charge on any atom is -0.374 e. The Hall–Kier alpha value is -1.53.